The van der Waals surface area contributed by atoms with Gasteiger partial charge in [-0.25, -0.2) is 19.3 Å². The quantitative estimate of drug-likeness (QED) is 0.0968. The Labute approximate surface area is 326 Å². The first kappa shape index (κ1) is 46.6. The minimum Gasteiger partial charge on any atom is -0.445 e. The first-order valence-electron chi connectivity index (χ1n) is 18.7. The van der Waals surface area contributed by atoms with Crippen LogP contribution in [0.3, 0.4) is 0 Å². The normalized spacial score (nSPS) is 14.7. The van der Waals surface area contributed by atoms with E-state index in [1.54, 1.807) is 131 Å². The molecule has 0 spiro atoms. The number of carbonyl (C=O) groups is 5. The van der Waals surface area contributed by atoms with Crippen LogP contribution in [0.4, 0.5) is 9.59 Å². The Bertz CT molecular complexity index is 1530. The number of nitrogens with one attached hydrogen (secondary N) is 2. The van der Waals surface area contributed by atoms with Crippen molar-refractivity contribution >= 4 is 30.0 Å². The van der Waals surface area contributed by atoms with E-state index in [1.165, 1.54) is 0 Å². The second kappa shape index (κ2) is 21.0. The summed E-state index contributed by atoms with van der Waals surface area (Å²) in [5, 5.41) is 5.29. The fourth-order valence-electron chi connectivity index (χ4n) is 5.50. The minimum atomic E-state index is -1.59. The number of carbonyl (C=O) groups excluding carboxylic acids is 5. The summed E-state index contributed by atoms with van der Waals surface area (Å²) in [6.45, 7) is 18.9. The maximum atomic E-state index is 14.9. The molecular formula is C41H62N4O10. The molecule has 14 heteroatoms. The molecule has 14 nitrogen and oxygen atoms in total. The van der Waals surface area contributed by atoms with E-state index >= 15 is 0 Å². The number of ether oxygens (including phenoxy) is 5. The highest BCUT2D eigenvalue weighted by Crippen LogP contribution is 2.23. The van der Waals surface area contributed by atoms with Gasteiger partial charge in [-0.3, -0.25) is 9.59 Å². The number of hydrogen-bond donors (Lipinski definition) is 3. The van der Waals surface area contributed by atoms with Gasteiger partial charge in [0, 0.05) is 0 Å². The van der Waals surface area contributed by atoms with Crippen molar-refractivity contribution in [3.05, 3.63) is 66.2 Å². The van der Waals surface area contributed by atoms with Crippen molar-refractivity contribution in [3.8, 4) is 5.75 Å². The standard InChI is InChI=1S/C41H62N4O10/c1-27(53-39(3,4)5)32(44-37(49)51-26-29-20-14-12-15-21-29)34(46)43-33(28(2)54-40(6,7)8)35(47)45(38(50)55-41(9,10)11)31(24-18-19-25-42)36(48)52-30-22-16-13-17-23-30/h12-17,20-23,27-28,31-33H,18-19,24-26,42H2,1-11H3,(H,43,46)(H,44,49)/t27?,28?,31-,32-,33-/m0/s1. The Morgan fingerprint density at radius 1 is 0.709 bits per heavy atom. The van der Waals surface area contributed by atoms with E-state index in [9.17, 15) is 24.0 Å². The molecule has 0 aliphatic heterocycles. The van der Waals surface area contributed by atoms with E-state index in [-0.39, 0.29) is 18.8 Å². The topological polar surface area (TPSA) is 185 Å². The molecule has 0 saturated heterocycles. The fraction of sp³-hybridized carbons (Fsp3) is 0.585. The molecule has 2 aromatic carbocycles. The van der Waals surface area contributed by atoms with Gasteiger partial charge >= 0.3 is 18.2 Å². The number of benzene rings is 2. The van der Waals surface area contributed by atoms with Crippen LogP contribution < -0.4 is 21.1 Å². The number of esters is 1. The molecule has 0 fully saturated rings. The molecule has 4 N–H and O–H groups in total. The lowest BCUT2D eigenvalue weighted by atomic mass is 10.0. The predicted octanol–water partition coefficient (Wildman–Crippen LogP) is 6.04. The number of alkyl carbamates (subject to hydrolysis) is 1. The Balaban J connectivity index is 2.64. The summed E-state index contributed by atoms with van der Waals surface area (Å²) in [6.07, 6.45) is -3.25. The van der Waals surface area contributed by atoms with Crippen LogP contribution in [0, 0.1) is 0 Å². The molecule has 0 aliphatic carbocycles. The van der Waals surface area contributed by atoms with Crippen molar-refractivity contribution in [1.82, 2.24) is 15.5 Å². The first-order valence-corrected chi connectivity index (χ1v) is 18.7. The van der Waals surface area contributed by atoms with Crippen molar-refractivity contribution in [1.29, 1.82) is 0 Å². The van der Waals surface area contributed by atoms with E-state index in [0.29, 0.717) is 24.3 Å². The van der Waals surface area contributed by atoms with Crippen LogP contribution in [-0.4, -0.2) is 88.6 Å². The SMILES string of the molecule is CC(OC(C)(C)C)[C@H](NC(=O)OCc1ccccc1)C(=O)N[C@H](C(=O)N(C(=O)OC(C)(C)C)[C@@H](CCCCN)C(=O)Oc1ccccc1)C(C)OC(C)(C)C. The van der Waals surface area contributed by atoms with Crippen LogP contribution in [0.25, 0.3) is 0 Å². The number of amides is 4. The Kier molecular flexibility index (Phi) is 17.8. The van der Waals surface area contributed by atoms with Crippen molar-refractivity contribution in [2.24, 2.45) is 5.73 Å². The molecule has 5 atom stereocenters. The second-order valence-corrected chi connectivity index (χ2v) is 16.3. The zero-order valence-corrected chi connectivity index (χ0v) is 34.3. The van der Waals surface area contributed by atoms with E-state index in [1.807, 2.05) is 6.07 Å². The molecule has 0 aromatic heterocycles. The van der Waals surface area contributed by atoms with Gasteiger partial charge in [-0.15, -0.1) is 0 Å². The third-order valence-corrected chi connectivity index (χ3v) is 7.65. The number of nitrogens with two attached hydrogens (primary N) is 1. The summed E-state index contributed by atoms with van der Waals surface area (Å²) in [7, 11) is 0. The van der Waals surface area contributed by atoms with E-state index in [2.05, 4.69) is 10.6 Å². The van der Waals surface area contributed by atoms with E-state index in [4.69, 9.17) is 29.4 Å². The van der Waals surface area contributed by atoms with Crippen molar-refractivity contribution < 1.29 is 47.7 Å². The van der Waals surface area contributed by atoms with Gasteiger partial charge in [0.2, 0.25) is 5.91 Å². The molecule has 0 heterocycles. The largest absolute Gasteiger partial charge is 0.445 e. The van der Waals surface area contributed by atoms with Crippen LogP contribution in [0.1, 0.15) is 101 Å². The molecule has 2 rings (SSSR count). The van der Waals surface area contributed by atoms with Crippen LogP contribution in [-0.2, 0) is 39.9 Å². The van der Waals surface area contributed by atoms with Crippen LogP contribution in [0.2, 0.25) is 0 Å². The number of nitrogens with zero attached hydrogens (tertiary/aromatic N) is 1. The monoisotopic (exact) mass is 770 g/mol. The number of unbranched alkanes of at least 4 members (excludes halogenated alkanes) is 1. The zero-order chi connectivity index (χ0) is 41.6. The van der Waals surface area contributed by atoms with Gasteiger partial charge in [0.05, 0.1) is 23.4 Å². The van der Waals surface area contributed by atoms with Crippen molar-refractivity contribution in [2.75, 3.05) is 6.54 Å². The highest BCUT2D eigenvalue weighted by atomic mass is 16.6. The van der Waals surface area contributed by atoms with Crippen LogP contribution in [0.15, 0.2) is 60.7 Å². The maximum Gasteiger partial charge on any atom is 0.417 e. The van der Waals surface area contributed by atoms with Gasteiger partial charge in [-0.05, 0) is 120 Å². The number of imide groups is 1. The first-order chi connectivity index (χ1) is 25.5. The maximum absolute atomic E-state index is 14.9. The molecule has 2 aromatic rings. The summed E-state index contributed by atoms with van der Waals surface area (Å²) in [5.41, 5.74) is 3.85. The Hall–Kier alpha value is -4.53. The number of rotatable bonds is 17. The Morgan fingerprint density at radius 2 is 1.24 bits per heavy atom. The van der Waals surface area contributed by atoms with E-state index in [0.717, 1.165) is 5.56 Å². The van der Waals surface area contributed by atoms with Gasteiger partial charge < -0.3 is 40.1 Å². The highest BCUT2D eigenvalue weighted by molar-refractivity contribution is 6.01. The lowest BCUT2D eigenvalue weighted by molar-refractivity contribution is -0.154. The average Bonchev–Trinajstić information content (AvgIpc) is 3.06. The van der Waals surface area contributed by atoms with Crippen molar-refractivity contribution in [2.45, 2.75) is 149 Å². The van der Waals surface area contributed by atoms with Gasteiger partial charge in [0.1, 0.15) is 36.1 Å². The fourth-order valence-corrected chi connectivity index (χ4v) is 5.50. The molecule has 0 radical (unpaired) electrons. The third kappa shape index (κ3) is 17.2. The molecule has 4 amide bonds. The smallest absolute Gasteiger partial charge is 0.417 e. The molecular weight excluding hydrogens is 708 g/mol. The van der Waals surface area contributed by atoms with Gasteiger partial charge in [-0.1, -0.05) is 48.5 Å². The van der Waals surface area contributed by atoms with Gasteiger partial charge in [-0.2, -0.15) is 0 Å². The second-order valence-electron chi connectivity index (χ2n) is 16.3. The summed E-state index contributed by atoms with van der Waals surface area (Å²) >= 11 is 0. The van der Waals surface area contributed by atoms with Gasteiger partial charge in [0.15, 0.2) is 0 Å². The average molecular weight is 771 g/mol. The lowest BCUT2D eigenvalue weighted by Crippen LogP contribution is -2.64. The van der Waals surface area contributed by atoms with Crippen molar-refractivity contribution in [3.63, 3.8) is 0 Å². The zero-order valence-electron chi connectivity index (χ0n) is 34.3. The number of hydrogen-bond acceptors (Lipinski definition) is 11. The predicted molar refractivity (Wildman–Crippen MR) is 208 cm³/mol. The molecule has 0 bridgehead atoms. The third-order valence-electron chi connectivity index (χ3n) is 7.65. The summed E-state index contributed by atoms with van der Waals surface area (Å²) in [4.78, 5) is 71.1. The Morgan fingerprint density at radius 3 is 1.75 bits per heavy atom. The summed E-state index contributed by atoms with van der Waals surface area (Å²) < 4.78 is 29.0. The molecule has 55 heavy (non-hydrogen) atoms. The molecule has 2 unspecified atom stereocenters. The number of para-hydroxylation sites is 1. The summed E-state index contributed by atoms with van der Waals surface area (Å²) in [5.74, 6) is -2.54. The highest BCUT2D eigenvalue weighted by Gasteiger charge is 2.45. The van der Waals surface area contributed by atoms with E-state index < -0.39 is 77.1 Å². The summed E-state index contributed by atoms with van der Waals surface area (Å²) in [6, 6.07) is 12.7. The minimum absolute atomic E-state index is 0.0169. The van der Waals surface area contributed by atoms with Crippen LogP contribution in [0.5, 0.6) is 5.75 Å². The molecule has 0 aliphatic rings. The van der Waals surface area contributed by atoms with Crippen LogP contribution >= 0.6 is 0 Å². The lowest BCUT2D eigenvalue weighted by Gasteiger charge is -2.37. The molecule has 306 valence electrons. The molecule has 0 saturated carbocycles. The van der Waals surface area contributed by atoms with Gasteiger partial charge in [0.25, 0.3) is 5.91 Å².